The van der Waals surface area contributed by atoms with Crippen LogP contribution in [0.5, 0.6) is 0 Å². The van der Waals surface area contributed by atoms with Gasteiger partial charge in [-0.05, 0) is 92.5 Å². The van der Waals surface area contributed by atoms with E-state index in [1.165, 1.54) is 38.4 Å². The van der Waals surface area contributed by atoms with Gasteiger partial charge >= 0.3 is 0 Å². The average molecular weight is 400 g/mol. The second kappa shape index (κ2) is 8.27. The molecule has 3 nitrogen and oxygen atoms in total. The van der Waals surface area contributed by atoms with Gasteiger partial charge < -0.3 is 15.6 Å². The molecule has 2 aromatic rings. The summed E-state index contributed by atoms with van der Waals surface area (Å²) >= 11 is 1.85. The van der Waals surface area contributed by atoms with Gasteiger partial charge in [-0.25, -0.2) is 0 Å². The zero-order valence-electron chi connectivity index (χ0n) is 17.2. The molecule has 1 saturated carbocycles. The first-order chi connectivity index (χ1) is 13.5. The summed E-state index contributed by atoms with van der Waals surface area (Å²) in [6.45, 7) is 6.05. The number of hydrogen-bond donors (Lipinski definition) is 2. The third kappa shape index (κ3) is 4.35. The van der Waals surface area contributed by atoms with Crippen molar-refractivity contribution < 1.29 is 9.84 Å². The van der Waals surface area contributed by atoms with Crippen LogP contribution in [0, 0.1) is 19.8 Å². The first kappa shape index (κ1) is 20.1. The summed E-state index contributed by atoms with van der Waals surface area (Å²) in [5, 5.41) is 9.53. The van der Waals surface area contributed by atoms with Crippen LogP contribution >= 0.6 is 11.3 Å². The lowest BCUT2D eigenvalue weighted by atomic mass is 9.82. The maximum absolute atomic E-state index is 9.53. The number of aliphatic hydroxyl groups excluding tert-OH is 1. The Labute approximate surface area is 172 Å². The summed E-state index contributed by atoms with van der Waals surface area (Å²) in [4.78, 5) is 2.74. The van der Waals surface area contributed by atoms with Gasteiger partial charge in [0.2, 0.25) is 0 Å². The first-order valence-electron chi connectivity index (χ1n) is 10.6. The van der Waals surface area contributed by atoms with Crippen LogP contribution in [0.3, 0.4) is 0 Å². The molecule has 2 aliphatic rings. The van der Waals surface area contributed by atoms with Crippen molar-refractivity contribution >= 4 is 11.3 Å². The number of benzene rings is 1. The maximum Gasteiger partial charge on any atom is 0.0809 e. The Bertz CT molecular complexity index is 811. The van der Waals surface area contributed by atoms with Crippen molar-refractivity contribution in [3.05, 3.63) is 56.3 Å². The van der Waals surface area contributed by atoms with Crippen LogP contribution < -0.4 is 5.73 Å². The van der Waals surface area contributed by atoms with Crippen LogP contribution in [0.1, 0.15) is 63.6 Å². The molecular formula is C24H33NO2S. The van der Waals surface area contributed by atoms with E-state index in [1.54, 1.807) is 0 Å². The quantitative estimate of drug-likeness (QED) is 0.744. The van der Waals surface area contributed by atoms with Crippen LogP contribution in [0.25, 0.3) is 0 Å². The van der Waals surface area contributed by atoms with E-state index in [1.807, 2.05) is 11.3 Å². The summed E-state index contributed by atoms with van der Waals surface area (Å²) < 4.78 is 6.06. The molecular weight excluding hydrogens is 366 g/mol. The van der Waals surface area contributed by atoms with Gasteiger partial charge in [0.15, 0.2) is 0 Å². The van der Waals surface area contributed by atoms with Gasteiger partial charge in [0.1, 0.15) is 0 Å². The van der Waals surface area contributed by atoms with Gasteiger partial charge in [-0.2, -0.15) is 0 Å². The Balaban J connectivity index is 1.32. The summed E-state index contributed by atoms with van der Waals surface area (Å²) in [5.41, 5.74) is 11.7. The Morgan fingerprint density at radius 2 is 2.07 bits per heavy atom. The lowest BCUT2D eigenvalue weighted by Gasteiger charge is -2.26. The van der Waals surface area contributed by atoms with Crippen molar-refractivity contribution in [2.45, 2.75) is 70.4 Å². The van der Waals surface area contributed by atoms with Gasteiger partial charge in [-0.15, -0.1) is 11.3 Å². The molecule has 0 amide bonds. The van der Waals surface area contributed by atoms with Crippen LogP contribution in [-0.4, -0.2) is 23.9 Å². The third-order valence-electron chi connectivity index (χ3n) is 6.81. The highest BCUT2D eigenvalue weighted by Crippen LogP contribution is 2.40. The third-order valence-corrected chi connectivity index (χ3v) is 7.93. The molecule has 0 saturated heterocycles. The summed E-state index contributed by atoms with van der Waals surface area (Å²) in [7, 11) is 0. The predicted molar refractivity (Wildman–Crippen MR) is 116 cm³/mol. The molecule has 0 spiro atoms. The molecule has 1 heterocycles. The Morgan fingerprint density at radius 3 is 2.79 bits per heavy atom. The number of ether oxygens (including phenoxy) is 1. The number of aryl methyl sites for hydroxylation is 3. The summed E-state index contributed by atoms with van der Waals surface area (Å²) in [6.07, 6.45) is 6.40. The van der Waals surface area contributed by atoms with E-state index in [4.69, 9.17) is 10.5 Å². The largest absolute Gasteiger partial charge is 0.394 e. The molecule has 0 bridgehead atoms. The number of aliphatic hydroxyl groups is 1. The zero-order valence-corrected chi connectivity index (χ0v) is 18.0. The fourth-order valence-corrected chi connectivity index (χ4v) is 5.87. The van der Waals surface area contributed by atoms with Gasteiger partial charge in [0.25, 0.3) is 0 Å². The average Bonchev–Trinajstić information content (AvgIpc) is 3.24. The van der Waals surface area contributed by atoms with Crippen LogP contribution in [-0.2, 0) is 24.2 Å². The number of hydrogen-bond acceptors (Lipinski definition) is 4. The lowest BCUT2D eigenvalue weighted by molar-refractivity contribution is 0.0840. The highest BCUT2D eigenvalue weighted by atomic mass is 32.1. The smallest absolute Gasteiger partial charge is 0.0809 e. The molecule has 152 valence electrons. The van der Waals surface area contributed by atoms with E-state index in [2.05, 4.69) is 38.1 Å². The van der Waals surface area contributed by atoms with Crippen LogP contribution in [0.2, 0.25) is 0 Å². The van der Waals surface area contributed by atoms with E-state index in [-0.39, 0.29) is 12.1 Å². The van der Waals surface area contributed by atoms with E-state index in [0.29, 0.717) is 11.8 Å². The van der Waals surface area contributed by atoms with Gasteiger partial charge in [-0.1, -0.05) is 18.2 Å². The van der Waals surface area contributed by atoms with E-state index < -0.39 is 0 Å². The molecule has 1 unspecified atom stereocenters. The van der Waals surface area contributed by atoms with E-state index in [0.717, 1.165) is 45.3 Å². The SMILES string of the molecule is Cc1cc(COCC2CCc3cc([C@H]4CC[C@](N)(CO)C4)ccc3C2)sc1C. The number of fused-ring (bicyclic) bond motifs is 1. The first-order valence-corrected chi connectivity index (χ1v) is 11.4. The van der Waals surface area contributed by atoms with E-state index >= 15 is 0 Å². The topological polar surface area (TPSA) is 55.5 Å². The number of rotatable bonds is 6. The summed E-state index contributed by atoms with van der Waals surface area (Å²) in [5.74, 6) is 1.12. The Morgan fingerprint density at radius 1 is 1.21 bits per heavy atom. The molecule has 3 N–H and O–H groups in total. The van der Waals surface area contributed by atoms with Gasteiger partial charge in [0.05, 0.1) is 19.8 Å². The van der Waals surface area contributed by atoms with Gasteiger partial charge in [-0.3, -0.25) is 0 Å². The standard InChI is InChI=1S/C24H33NO2S/c1-16-9-23(28-17(16)2)14-27-13-18-3-4-20-11-21(6-5-19(20)10-18)22-7-8-24(25,12-22)15-26/h5-6,9,11,18,22,26H,3-4,7-8,10,12-15,25H2,1-2H3/t18?,22-,24+/m0/s1. The van der Waals surface area contributed by atoms with Crippen molar-refractivity contribution in [2.75, 3.05) is 13.2 Å². The fourth-order valence-electron chi connectivity index (χ4n) is 4.88. The van der Waals surface area contributed by atoms with Gasteiger partial charge in [0, 0.05) is 15.3 Å². The molecule has 2 aliphatic carbocycles. The molecule has 28 heavy (non-hydrogen) atoms. The van der Waals surface area contributed by atoms with Crippen LogP contribution in [0.4, 0.5) is 0 Å². The highest BCUT2D eigenvalue weighted by Gasteiger charge is 2.36. The second-order valence-corrected chi connectivity index (χ2v) is 10.4. The zero-order chi connectivity index (χ0) is 19.7. The summed E-state index contributed by atoms with van der Waals surface area (Å²) in [6, 6.07) is 9.30. The van der Waals surface area contributed by atoms with E-state index in [9.17, 15) is 5.11 Å². The van der Waals surface area contributed by atoms with Crippen molar-refractivity contribution in [3.8, 4) is 0 Å². The molecule has 4 rings (SSSR count). The van der Waals surface area contributed by atoms with Crippen molar-refractivity contribution in [1.82, 2.24) is 0 Å². The molecule has 4 heteroatoms. The van der Waals surface area contributed by atoms with Crippen molar-refractivity contribution in [1.29, 1.82) is 0 Å². The minimum absolute atomic E-state index is 0.0979. The normalized spacial score (nSPS) is 27.1. The second-order valence-electron chi connectivity index (χ2n) is 9.06. The Hall–Kier alpha value is -1.20. The minimum Gasteiger partial charge on any atom is -0.394 e. The minimum atomic E-state index is -0.372. The van der Waals surface area contributed by atoms with Crippen LogP contribution in [0.15, 0.2) is 24.3 Å². The van der Waals surface area contributed by atoms with Crippen molar-refractivity contribution in [3.63, 3.8) is 0 Å². The molecule has 1 aromatic heterocycles. The monoisotopic (exact) mass is 399 g/mol. The molecule has 1 fully saturated rings. The lowest BCUT2D eigenvalue weighted by Crippen LogP contribution is -2.40. The highest BCUT2D eigenvalue weighted by molar-refractivity contribution is 7.12. The molecule has 3 atom stereocenters. The predicted octanol–water partition coefficient (Wildman–Crippen LogP) is 4.64. The molecule has 1 aromatic carbocycles. The maximum atomic E-state index is 9.53. The number of thiophene rings is 1. The number of nitrogens with two attached hydrogens (primary N) is 1. The Kier molecular flexibility index (Phi) is 5.93. The van der Waals surface area contributed by atoms with Crippen molar-refractivity contribution in [2.24, 2.45) is 11.7 Å². The molecule has 0 aliphatic heterocycles. The fraction of sp³-hybridized carbons (Fsp3) is 0.583. The molecule has 0 radical (unpaired) electrons.